The average Bonchev–Trinajstić information content (AvgIpc) is 2.57. The number of rotatable bonds is 3. The van der Waals surface area contributed by atoms with E-state index >= 15 is 0 Å². The van der Waals surface area contributed by atoms with E-state index in [-0.39, 0.29) is 4.90 Å². The van der Waals surface area contributed by atoms with Gasteiger partial charge in [0.1, 0.15) is 5.82 Å². The Balaban J connectivity index is 2.39. The Morgan fingerprint density at radius 3 is 2.22 bits per heavy atom. The second-order valence-electron chi connectivity index (χ2n) is 4.33. The van der Waals surface area contributed by atoms with Gasteiger partial charge in [-0.05, 0) is 36.4 Å². The first-order valence-electron chi connectivity index (χ1n) is 6.35. The summed E-state index contributed by atoms with van der Waals surface area (Å²) in [6, 6.07) is 12.3. The highest BCUT2D eigenvalue weighted by Crippen LogP contribution is 2.14. The fourth-order valence-electron chi connectivity index (χ4n) is 1.65. The predicted octanol–water partition coefficient (Wildman–Crippen LogP) is 1.01. The van der Waals surface area contributed by atoms with Crippen LogP contribution in [0.4, 0.5) is 10.1 Å². The molecule has 1 amide bonds. The Labute approximate surface area is 131 Å². The summed E-state index contributed by atoms with van der Waals surface area (Å²) in [6.45, 7) is 0. The van der Waals surface area contributed by atoms with Crippen LogP contribution in [0.25, 0.3) is 0 Å². The first kappa shape index (κ1) is 16.6. The van der Waals surface area contributed by atoms with Crippen molar-refractivity contribution in [2.75, 3.05) is 5.43 Å². The lowest BCUT2D eigenvalue weighted by Gasteiger charge is -2.08. The smallest absolute Gasteiger partial charge is 0.288 e. The summed E-state index contributed by atoms with van der Waals surface area (Å²) in [5, 5.41) is 2.80. The number of sulfone groups is 1. The van der Waals surface area contributed by atoms with Crippen molar-refractivity contribution in [3.8, 4) is 0 Å². The summed E-state index contributed by atoms with van der Waals surface area (Å²) in [6.07, 6.45) is 0. The molecule has 23 heavy (non-hydrogen) atoms. The number of carbonyl (C=O) groups is 1. The number of carbonyl (C=O) groups excluding carboxylic acids is 1. The van der Waals surface area contributed by atoms with E-state index in [1.54, 1.807) is 11.5 Å². The number of hydrogen-bond acceptors (Lipinski definition) is 6. The number of hydrogen-bond donors (Lipinski definition) is 3. The van der Waals surface area contributed by atoms with Crippen molar-refractivity contribution < 1.29 is 17.6 Å². The molecule has 120 valence electrons. The van der Waals surface area contributed by atoms with Gasteiger partial charge in [0, 0.05) is 0 Å². The van der Waals surface area contributed by atoms with Gasteiger partial charge >= 0.3 is 0 Å². The highest BCUT2D eigenvalue weighted by molar-refractivity contribution is 8.08. The lowest BCUT2D eigenvalue weighted by molar-refractivity contribution is -0.114. The maximum absolute atomic E-state index is 12.8. The standard InChI is InChI=1S/C14H13FN4O3S/c15-10-6-8-11(9-7-10)18-19-14(13(20)17-16)23(21,22)12-4-2-1-3-5-12/h1-9,18H,16H2,(H,17,20)/b19-14+. The number of hydrazone groups is 1. The zero-order chi connectivity index (χ0) is 16.9. The van der Waals surface area contributed by atoms with Crippen LogP contribution < -0.4 is 16.7 Å². The molecule has 0 bridgehead atoms. The third kappa shape index (κ3) is 3.90. The SMILES string of the molecule is NNC(=O)/C(=N\Nc1ccc(F)cc1)S(=O)(=O)c1ccccc1. The van der Waals surface area contributed by atoms with Crippen LogP contribution in [0, 0.1) is 5.82 Å². The van der Waals surface area contributed by atoms with Crippen LogP contribution >= 0.6 is 0 Å². The summed E-state index contributed by atoms with van der Waals surface area (Å²) < 4.78 is 37.8. The fourth-order valence-corrected chi connectivity index (χ4v) is 2.85. The Morgan fingerprint density at radius 2 is 1.65 bits per heavy atom. The van der Waals surface area contributed by atoms with Crippen LogP contribution in [0.5, 0.6) is 0 Å². The summed E-state index contributed by atoms with van der Waals surface area (Å²) in [4.78, 5) is 11.7. The van der Waals surface area contributed by atoms with Gasteiger partial charge in [0.15, 0.2) is 0 Å². The average molecular weight is 336 g/mol. The van der Waals surface area contributed by atoms with E-state index in [2.05, 4.69) is 10.5 Å². The zero-order valence-corrected chi connectivity index (χ0v) is 12.5. The molecule has 0 heterocycles. The summed E-state index contributed by atoms with van der Waals surface area (Å²) in [5.74, 6) is 3.47. The minimum Gasteiger partial charge on any atom is -0.288 e. The molecular weight excluding hydrogens is 323 g/mol. The second-order valence-corrected chi connectivity index (χ2v) is 6.19. The van der Waals surface area contributed by atoms with Gasteiger partial charge in [0.25, 0.3) is 5.91 Å². The Kier molecular flexibility index (Phi) is 5.04. The van der Waals surface area contributed by atoms with Crippen molar-refractivity contribution in [3.05, 3.63) is 60.4 Å². The first-order valence-corrected chi connectivity index (χ1v) is 7.84. The summed E-state index contributed by atoms with van der Waals surface area (Å²) >= 11 is 0. The van der Waals surface area contributed by atoms with E-state index in [0.29, 0.717) is 5.69 Å². The topological polar surface area (TPSA) is 114 Å². The normalized spacial score (nSPS) is 11.8. The molecule has 2 aromatic carbocycles. The zero-order valence-electron chi connectivity index (χ0n) is 11.7. The van der Waals surface area contributed by atoms with E-state index in [0.717, 1.165) is 12.1 Å². The largest absolute Gasteiger partial charge is 0.297 e. The maximum Gasteiger partial charge on any atom is 0.297 e. The number of halogens is 1. The molecule has 0 aliphatic rings. The van der Waals surface area contributed by atoms with Crippen LogP contribution in [-0.2, 0) is 14.6 Å². The molecule has 4 N–H and O–H groups in total. The molecular formula is C14H13FN4O3S. The maximum atomic E-state index is 12.8. The second kappa shape index (κ2) is 6.99. The number of amides is 1. The fraction of sp³-hybridized carbons (Fsp3) is 0. The highest BCUT2D eigenvalue weighted by Gasteiger charge is 2.29. The van der Waals surface area contributed by atoms with Gasteiger partial charge in [0.05, 0.1) is 10.6 Å². The van der Waals surface area contributed by atoms with Gasteiger partial charge in [-0.2, -0.15) is 5.10 Å². The third-order valence-electron chi connectivity index (χ3n) is 2.76. The van der Waals surface area contributed by atoms with Crippen LogP contribution in [0.1, 0.15) is 0 Å². The number of hydrazine groups is 1. The monoisotopic (exact) mass is 336 g/mol. The minimum atomic E-state index is -4.17. The first-order chi connectivity index (χ1) is 10.9. The summed E-state index contributed by atoms with van der Waals surface area (Å²) in [5.41, 5.74) is 4.43. The van der Waals surface area contributed by atoms with Crippen molar-refractivity contribution in [2.45, 2.75) is 4.90 Å². The van der Waals surface area contributed by atoms with Gasteiger partial charge in [-0.1, -0.05) is 18.2 Å². The predicted molar refractivity (Wildman–Crippen MR) is 83.4 cm³/mol. The Morgan fingerprint density at radius 1 is 1.04 bits per heavy atom. The molecule has 0 unspecified atom stereocenters. The van der Waals surface area contributed by atoms with Crippen molar-refractivity contribution in [1.29, 1.82) is 0 Å². The molecule has 0 fully saturated rings. The quantitative estimate of drug-likeness (QED) is 0.254. The van der Waals surface area contributed by atoms with Crippen LogP contribution in [0.3, 0.4) is 0 Å². The van der Waals surface area contributed by atoms with E-state index < -0.39 is 26.6 Å². The Hall–Kier alpha value is -2.78. The molecule has 9 heteroatoms. The van der Waals surface area contributed by atoms with Gasteiger partial charge in [-0.25, -0.2) is 18.7 Å². The van der Waals surface area contributed by atoms with Gasteiger partial charge in [0.2, 0.25) is 14.9 Å². The van der Waals surface area contributed by atoms with Crippen LogP contribution in [0.2, 0.25) is 0 Å². The van der Waals surface area contributed by atoms with E-state index in [1.165, 1.54) is 36.4 Å². The minimum absolute atomic E-state index is 0.108. The number of nitrogens with two attached hydrogens (primary N) is 1. The molecule has 0 saturated heterocycles. The van der Waals surface area contributed by atoms with Gasteiger partial charge < -0.3 is 0 Å². The molecule has 2 rings (SSSR count). The van der Waals surface area contributed by atoms with Crippen LogP contribution in [0.15, 0.2) is 64.6 Å². The number of anilines is 1. The molecule has 0 aliphatic heterocycles. The summed E-state index contributed by atoms with van der Waals surface area (Å²) in [7, 11) is -4.17. The van der Waals surface area contributed by atoms with Crippen molar-refractivity contribution in [3.63, 3.8) is 0 Å². The molecule has 0 aliphatic carbocycles. The van der Waals surface area contributed by atoms with Crippen LogP contribution in [-0.4, -0.2) is 19.4 Å². The molecule has 0 aromatic heterocycles. The van der Waals surface area contributed by atoms with E-state index in [4.69, 9.17) is 5.84 Å². The van der Waals surface area contributed by atoms with E-state index in [9.17, 15) is 17.6 Å². The molecule has 0 atom stereocenters. The number of nitrogens with zero attached hydrogens (tertiary/aromatic N) is 1. The molecule has 0 radical (unpaired) electrons. The third-order valence-corrected chi connectivity index (χ3v) is 4.44. The molecule has 2 aromatic rings. The van der Waals surface area contributed by atoms with Gasteiger partial charge in [-0.3, -0.25) is 15.6 Å². The van der Waals surface area contributed by atoms with Crippen molar-refractivity contribution in [1.82, 2.24) is 5.43 Å². The molecule has 0 saturated carbocycles. The Bertz CT molecular complexity index is 821. The van der Waals surface area contributed by atoms with E-state index in [1.807, 2.05) is 0 Å². The van der Waals surface area contributed by atoms with Crippen molar-refractivity contribution >= 4 is 26.5 Å². The number of benzene rings is 2. The van der Waals surface area contributed by atoms with Gasteiger partial charge in [-0.15, -0.1) is 0 Å². The highest BCUT2D eigenvalue weighted by atomic mass is 32.2. The molecule has 7 nitrogen and oxygen atoms in total. The van der Waals surface area contributed by atoms with Crippen molar-refractivity contribution in [2.24, 2.45) is 10.9 Å². The lowest BCUT2D eigenvalue weighted by Crippen LogP contribution is -2.40. The lowest BCUT2D eigenvalue weighted by atomic mass is 10.3. The number of nitrogens with one attached hydrogen (secondary N) is 2. The molecule has 0 spiro atoms.